The number of piperidine rings is 1. The van der Waals surface area contributed by atoms with Crippen molar-refractivity contribution in [1.29, 1.82) is 0 Å². The topological polar surface area (TPSA) is 73.0 Å². The molecule has 1 amide bonds. The van der Waals surface area contributed by atoms with Gasteiger partial charge in [0, 0.05) is 42.8 Å². The molecule has 2 aliphatic rings. The van der Waals surface area contributed by atoms with Crippen LogP contribution in [0.15, 0.2) is 30.6 Å². The van der Waals surface area contributed by atoms with Gasteiger partial charge in [-0.2, -0.15) is 0 Å². The molecule has 0 unspecified atom stereocenters. The third-order valence-electron chi connectivity index (χ3n) is 5.81. The van der Waals surface area contributed by atoms with Crippen molar-refractivity contribution in [3.63, 3.8) is 0 Å². The van der Waals surface area contributed by atoms with Crippen LogP contribution in [0.1, 0.15) is 43.6 Å². The van der Waals surface area contributed by atoms with E-state index in [4.69, 9.17) is 11.6 Å². The molecule has 6 nitrogen and oxygen atoms in total. The summed E-state index contributed by atoms with van der Waals surface area (Å²) < 4.78 is 0. The number of H-pyrrole nitrogens is 1. The molecule has 2 aliphatic heterocycles. The van der Waals surface area contributed by atoms with Crippen molar-refractivity contribution in [1.82, 2.24) is 25.5 Å². The lowest BCUT2D eigenvalue weighted by atomic mass is 9.78. The third kappa shape index (κ3) is 3.95. The van der Waals surface area contributed by atoms with Gasteiger partial charge in [-0.1, -0.05) is 23.7 Å². The summed E-state index contributed by atoms with van der Waals surface area (Å²) in [6.45, 7) is 6.82. The van der Waals surface area contributed by atoms with Gasteiger partial charge in [0.1, 0.15) is 0 Å². The summed E-state index contributed by atoms with van der Waals surface area (Å²) >= 11 is 6.00. The Hall–Kier alpha value is -1.89. The quantitative estimate of drug-likeness (QED) is 0.736. The van der Waals surface area contributed by atoms with E-state index < -0.39 is 0 Å². The Bertz CT molecular complexity index is 824. The van der Waals surface area contributed by atoms with E-state index in [1.54, 1.807) is 6.33 Å². The van der Waals surface area contributed by atoms with E-state index in [0.29, 0.717) is 6.42 Å². The van der Waals surface area contributed by atoms with E-state index in [-0.39, 0.29) is 23.5 Å². The van der Waals surface area contributed by atoms with E-state index in [1.165, 1.54) is 5.56 Å². The van der Waals surface area contributed by atoms with Gasteiger partial charge in [0.15, 0.2) is 0 Å². The van der Waals surface area contributed by atoms with Gasteiger partial charge in [0.05, 0.1) is 23.6 Å². The number of aromatic amines is 1. The SMILES string of the molecule is CC(C)NC(=O)[C@@H]1Cc2[nH]cnc2C2(CCN(Cc3ccc(Cl)cc3)CC2)N1. The van der Waals surface area contributed by atoms with Crippen LogP contribution in [0.2, 0.25) is 5.02 Å². The van der Waals surface area contributed by atoms with Crippen molar-refractivity contribution >= 4 is 17.5 Å². The first kappa shape index (κ1) is 19.4. The highest BCUT2D eigenvalue weighted by Gasteiger charge is 2.45. The van der Waals surface area contributed by atoms with Crippen molar-refractivity contribution in [2.75, 3.05) is 13.1 Å². The maximum Gasteiger partial charge on any atom is 0.237 e. The first-order chi connectivity index (χ1) is 13.4. The number of imidazole rings is 1. The molecular weight excluding hydrogens is 374 g/mol. The van der Waals surface area contributed by atoms with Gasteiger partial charge in [-0.15, -0.1) is 0 Å². The predicted molar refractivity (Wildman–Crippen MR) is 110 cm³/mol. The molecule has 150 valence electrons. The maximum atomic E-state index is 12.7. The second-order valence-electron chi connectivity index (χ2n) is 8.28. The number of nitrogens with zero attached hydrogens (tertiary/aromatic N) is 2. The molecule has 1 fully saturated rings. The fourth-order valence-corrected chi connectivity index (χ4v) is 4.54. The molecule has 0 bridgehead atoms. The zero-order valence-corrected chi connectivity index (χ0v) is 17.2. The summed E-state index contributed by atoms with van der Waals surface area (Å²) in [7, 11) is 0. The summed E-state index contributed by atoms with van der Waals surface area (Å²) in [5.74, 6) is 0.0678. The van der Waals surface area contributed by atoms with Crippen molar-refractivity contribution < 1.29 is 4.79 Å². The first-order valence-corrected chi connectivity index (χ1v) is 10.4. The molecule has 0 aliphatic carbocycles. The van der Waals surface area contributed by atoms with E-state index in [9.17, 15) is 4.79 Å². The number of likely N-dealkylation sites (tertiary alicyclic amines) is 1. The molecule has 7 heteroatoms. The highest BCUT2D eigenvalue weighted by Crippen LogP contribution is 2.37. The summed E-state index contributed by atoms with van der Waals surface area (Å²) in [4.78, 5) is 23.0. The Morgan fingerprint density at radius 1 is 1.32 bits per heavy atom. The van der Waals surface area contributed by atoms with Crippen LogP contribution in [0.5, 0.6) is 0 Å². The molecule has 0 saturated carbocycles. The van der Waals surface area contributed by atoms with Crippen molar-refractivity contribution in [2.24, 2.45) is 0 Å². The van der Waals surface area contributed by atoms with Gasteiger partial charge in [0.25, 0.3) is 0 Å². The van der Waals surface area contributed by atoms with E-state index >= 15 is 0 Å². The number of amides is 1. The Morgan fingerprint density at radius 2 is 2.04 bits per heavy atom. The molecule has 3 heterocycles. The number of fused-ring (bicyclic) bond motifs is 2. The molecule has 0 radical (unpaired) electrons. The van der Waals surface area contributed by atoms with Crippen molar-refractivity contribution in [3.05, 3.63) is 52.6 Å². The lowest BCUT2D eigenvalue weighted by Gasteiger charge is -2.46. The molecule has 1 spiro atoms. The number of carbonyl (C=O) groups is 1. The minimum Gasteiger partial charge on any atom is -0.353 e. The lowest BCUT2D eigenvalue weighted by molar-refractivity contribution is -0.124. The largest absolute Gasteiger partial charge is 0.353 e. The lowest BCUT2D eigenvalue weighted by Crippen LogP contribution is -2.61. The third-order valence-corrected chi connectivity index (χ3v) is 6.06. The van der Waals surface area contributed by atoms with Gasteiger partial charge < -0.3 is 10.3 Å². The number of carbonyl (C=O) groups excluding carboxylic acids is 1. The Kier molecular flexibility index (Phi) is 5.45. The minimum absolute atomic E-state index is 0.0678. The number of hydrogen-bond acceptors (Lipinski definition) is 4. The summed E-state index contributed by atoms with van der Waals surface area (Å²) in [6.07, 6.45) is 4.29. The number of nitrogens with one attached hydrogen (secondary N) is 3. The minimum atomic E-state index is -0.233. The highest BCUT2D eigenvalue weighted by atomic mass is 35.5. The fourth-order valence-electron chi connectivity index (χ4n) is 4.41. The number of benzene rings is 1. The summed E-state index contributed by atoms with van der Waals surface area (Å²) in [5.41, 5.74) is 3.22. The van der Waals surface area contributed by atoms with Crippen LogP contribution in [0.25, 0.3) is 0 Å². The van der Waals surface area contributed by atoms with Gasteiger partial charge in [0.2, 0.25) is 5.91 Å². The second-order valence-corrected chi connectivity index (χ2v) is 8.72. The van der Waals surface area contributed by atoms with Gasteiger partial charge >= 0.3 is 0 Å². The van der Waals surface area contributed by atoms with Crippen LogP contribution in [0, 0.1) is 0 Å². The molecule has 4 rings (SSSR count). The molecule has 1 aromatic heterocycles. The van der Waals surface area contributed by atoms with Gasteiger partial charge in [-0.25, -0.2) is 4.98 Å². The second kappa shape index (κ2) is 7.85. The zero-order chi connectivity index (χ0) is 19.7. The number of aromatic nitrogens is 2. The monoisotopic (exact) mass is 401 g/mol. The average molecular weight is 402 g/mol. The normalized spacial score (nSPS) is 21.6. The first-order valence-electron chi connectivity index (χ1n) is 10.0. The van der Waals surface area contributed by atoms with Crippen LogP contribution in [-0.4, -0.2) is 45.9 Å². The smallest absolute Gasteiger partial charge is 0.237 e. The predicted octanol–water partition coefficient (Wildman–Crippen LogP) is 2.59. The molecule has 1 atom stereocenters. The number of halogens is 1. The van der Waals surface area contributed by atoms with Crippen LogP contribution in [-0.2, 0) is 23.3 Å². The van der Waals surface area contributed by atoms with Crippen LogP contribution in [0.4, 0.5) is 0 Å². The molecule has 1 saturated heterocycles. The highest BCUT2D eigenvalue weighted by molar-refractivity contribution is 6.30. The molecule has 3 N–H and O–H groups in total. The Morgan fingerprint density at radius 3 is 2.71 bits per heavy atom. The standard InChI is InChI=1S/C21H28ClN5O/c1-14(2)25-20(28)18-11-17-19(24-13-23-17)21(26-18)7-9-27(10-8-21)12-15-3-5-16(22)6-4-15/h3-6,13-14,18,26H,7-12H2,1-2H3,(H,23,24)(H,25,28)/t18-/m0/s1. The summed E-state index contributed by atoms with van der Waals surface area (Å²) in [5, 5.41) is 7.48. The average Bonchev–Trinajstić information content (AvgIpc) is 3.15. The van der Waals surface area contributed by atoms with Crippen molar-refractivity contribution in [2.45, 2.75) is 57.3 Å². The number of hydrogen-bond donors (Lipinski definition) is 3. The van der Waals surface area contributed by atoms with Crippen LogP contribution >= 0.6 is 11.6 Å². The molecule has 1 aromatic carbocycles. The fraction of sp³-hybridized carbons (Fsp3) is 0.524. The van der Waals surface area contributed by atoms with Gasteiger partial charge in [-0.05, 0) is 44.4 Å². The number of rotatable bonds is 4. The Balaban J connectivity index is 1.47. The molecule has 2 aromatic rings. The maximum absolute atomic E-state index is 12.7. The van der Waals surface area contributed by atoms with E-state index in [1.807, 2.05) is 26.0 Å². The van der Waals surface area contributed by atoms with E-state index in [0.717, 1.165) is 48.9 Å². The molecular formula is C21H28ClN5O. The Labute approximate surface area is 171 Å². The van der Waals surface area contributed by atoms with Gasteiger partial charge in [-0.3, -0.25) is 15.0 Å². The van der Waals surface area contributed by atoms with E-state index in [2.05, 4.69) is 37.6 Å². The molecule has 28 heavy (non-hydrogen) atoms. The van der Waals surface area contributed by atoms with Crippen LogP contribution < -0.4 is 10.6 Å². The summed E-state index contributed by atoms with van der Waals surface area (Å²) in [6, 6.07) is 7.97. The van der Waals surface area contributed by atoms with Crippen molar-refractivity contribution in [3.8, 4) is 0 Å². The zero-order valence-electron chi connectivity index (χ0n) is 16.5. The van der Waals surface area contributed by atoms with Crippen LogP contribution in [0.3, 0.4) is 0 Å².